The molecule has 0 unspecified atom stereocenters. The summed E-state index contributed by atoms with van der Waals surface area (Å²) in [6.07, 6.45) is 0.618. The summed E-state index contributed by atoms with van der Waals surface area (Å²) in [4.78, 5) is 33.6. The maximum Gasteiger partial charge on any atom is 0.397 e. The highest BCUT2D eigenvalue weighted by molar-refractivity contribution is 6.37. The lowest BCUT2D eigenvalue weighted by Gasteiger charge is -2.03. The molecule has 0 bridgehead atoms. The van der Waals surface area contributed by atoms with E-state index in [0.29, 0.717) is 6.42 Å². The van der Waals surface area contributed by atoms with Crippen LogP contribution in [0.4, 0.5) is 5.69 Å². The van der Waals surface area contributed by atoms with Crippen LogP contribution in [0.5, 0.6) is 5.75 Å². The number of anilines is 1. The summed E-state index contributed by atoms with van der Waals surface area (Å²) in [5, 5.41) is 11.4. The van der Waals surface area contributed by atoms with Crippen molar-refractivity contribution >= 4 is 17.6 Å². The van der Waals surface area contributed by atoms with Crippen LogP contribution >= 0.6 is 0 Å². The molecule has 1 amide bonds. The number of ether oxygens (including phenoxy) is 1. The van der Waals surface area contributed by atoms with Crippen LogP contribution in [-0.4, -0.2) is 23.6 Å². The van der Waals surface area contributed by atoms with Crippen molar-refractivity contribution in [3.8, 4) is 5.75 Å². The highest BCUT2D eigenvalue weighted by Crippen LogP contribution is 2.07. The number of rotatable bonds is 3. The van der Waals surface area contributed by atoms with Crippen molar-refractivity contribution in [2.24, 2.45) is 0 Å². The van der Waals surface area contributed by atoms with Gasteiger partial charge in [0, 0.05) is 5.69 Å². The Kier molecular flexibility index (Phi) is 4.86. The zero-order valence-electron chi connectivity index (χ0n) is 9.80. The maximum absolute atomic E-state index is 11.4. The molecule has 2 N–H and O–H groups in total. The fourth-order valence-electron chi connectivity index (χ4n) is 1.08. The molecular formula is C12H13NO5. The molecule has 6 nitrogen and oxygen atoms in total. The second kappa shape index (κ2) is 6.39. The molecule has 0 aliphatic heterocycles. The molecule has 0 atom stereocenters. The van der Waals surface area contributed by atoms with E-state index >= 15 is 0 Å². The summed E-state index contributed by atoms with van der Waals surface area (Å²) in [5.41, 5.74) is -0.366. The Morgan fingerprint density at radius 2 is 1.94 bits per heavy atom. The summed E-state index contributed by atoms with van der Waals surface area (Å²) >= 11 is 0. The molecule has 0 aliphatic carbocycles. The van der Waals surface area contributed by atoms with Crippen LogP contribution in [0.2, 0.25) is 0 Å². The van der Waals surface area contributed by atoms with E-state index in [-0.39, 0.29) is 12.3 Å². The van der Waals surface area contributed by atoms with E-state index in [2.05, 4.69) is 10.1 Å². The quantitative estimate of drug-likeness (QED) is 0.607. The molecule has 0 spiro atoms. The zero-order valence-corrected chi connectivity index (χ0v) is 9.80. The second-order valence-corrected chi connectivity index (χ2v) is 3.46. The molecular weight excluding hydrogens is 238 g/mol. The van der Waals surface area contributed by atoms with Gasteiger partial charge in [-0.1, -0.05) is 6.92 Å². The molecule has 0 saturated carbocycles. The molecule has 1 aromatic rings. The number of hydrogen-bond acceptors (Lipinski definition) is 5. The number of hydrogen-bond donors (Lipinski definition) is 2. The molecule has 0 aromatic heterocycles. The van der Waals surface area contributed by atoms with Gasteiger partial charge in [0.05, 0.1) is 6.61 Å². The average Bonchev–Trinajstić information content (AvgIpc) is 2.51. The maximum atomic E-state index is 11.4. The Morgan fingerprint density at radius 1 is 1.28 bits per heavy atom. The van der Waals surface area contributed by atoms with Gasteiger partial charge in [0.1, 0.15) is 0 Å². The van der Waals surface area contributed by atoms with Gasteiger partial charge in [0.25, 0.3) is 0 Å². The third kappa shape index (κ3) is 3.89. The number of carbonyl (C=O) groups excluding carboxylic acids is 2. The summed E-state index contributed by atoms with van der Waals surface area (Å²) in [5.74, 6) is -2.36. The fourth-order valence-corrected chi connectivity index (χ4v) is 1.08. The van der Waals surface area contributed by atoms with Gasteiger partial charge < -0.3 is 15.2 Å². The van der Waals surface area contributed by atoms with Crippen molar-refractivity contribution in [1.29, 1.82) is 0 Å². The van der Waals surface area contributed by atoms with E-state index in [9.17, 15) is 14.4 Å². The molecule has 1 rings (SSSR count). The molecule has 1 aromatic carbocycles. The van der Waals surface area contributed by atoms with Gasteiger partial charge in [-0.15, -0.1) is 0 Å². The minimum atomic E-state index is -0.991. The minimum Gasteiger partial charge on any atom is -0.504 e. The molecule has 96 valence electrons. The predicted octanol–water partition coefficient (Wildman–Crippen LogP) is 0.644. The average molecular weight is 251 g/mol. The Labute approximate surface area is 103 Å². The van der Waals surface area contributed by atoms with Crippen molar-refractivity contribution in [3.05, 3.63) is 34.5 Å². The van der Waals surface area contributed by atoms with E-state index in [1.165, 1.54) is 12.1 Å². The monoisotopic (exact) mass is 251 g/mol. The number of carbonyl (C=O) groups is 2. The molecule has 0 radical (unpaired) electrons. The predicted molar refractivity (Wildman–Crippen MR) is 64.3 cm³/mol. The van der Waals surface area contributed by atoms with Crippen molar-refractivity contribution < 1.29 is 19.4 Å². The summed E-state index contributed by atoms with van der Waals surface area (Å²) in [7, 11) is 0. The van der Waals surface area contributed by atoms with Gasteiger partial charge in [-0.05, 0) is 30.7 Å². The first-order valence-corrected chi connectivity index (χ1v) is 5.36. The normalized spacial score (nSPS) is 9.61. The SMILES string of the molecule is CCCOC(=O)C(=O)Nc1ccc(O)c(=O)cc1. The Bertz CT molecular complexity index is 512. The van der Waals surface area contributed by atoms with E-state index in [0.717, 1.165) is 12.1 Å². The summed E-state index contributed by atoms with van der Waals surface area (Å²) < 4.78 is 4.63. The first-order chi connectivity index (χ1) is 8.54. The summed E-state index contributed by atoms with van der Waals surface area (Å²) in [6.45, 7) is 1.97. The van der Waals surface area contributed by atoms with Crippen LogP contribution < -0.4 is 10.7 Å². The van der Waals surface area contributed by atoms with Crippen molar-refractivity contribution in [1.82, 2.24) is 0 Å². The standard InChI is InChI=1S/C12H13NO5/c1-2-7-18-12(17)11(16)13-8-3-5-9(14)10(15)6-4-8/h3-6H,2,7H2,1H3,(H,13,16)(H,14,15). The lowest BCUT2D eigenvalue weighted by atomic mass is 10.4. The zero-order chi connectivity index (χ0) is 13.5. The van der Waals surface area contributed by atoms with Crippen LogP contribution in [0.1, 0.15) is 13.3 Å². The second-order valence-electron chi connectivity index (χ2n) is 3.46. The van der Waals surface area contributed by atoms with Crippen LogP contribution in [0, 0.1) is 0 Å². The molecule has 0 heterocycles. The minimum absolute atomic E-state index is 0.167. The van der Waals surface area contributed by atoms with Crippen molar-refractivity contribution in [2.45, 2.75) is 13.3 Å². The number of esters is 1. The van der Waals surface area contributed by atoms with Crippen molar-refractivity contribution in [3.63, 3.8) is 0 Å². The van der Waals surface area contributed by atoms with Gasteiger partial charge in [0.2, 0.25) is 5.43 Å². The topological polar surface area (TPSA) is 92.7 Å². The van der Waals surface area contributed by atoms with Crippen LogP contribution in [0.25, 0.3) is 0 Å². The van der Waals surface area contributed by atoms with Gasteiger partial charge in [-0.2, -0.15) is 0 Å². The Morgan fingerprint density at radius 3 is 2.61 bits per heavy atom. The first kappa shape index (κ1) is 13.7. The van der Waals surface area contributed by atoms with Gasteiger partial charge in [0.15, 0.2) is 5.75 Å². The number of nitrogens with one attached hydrogen (secondary N) is 1. The van der Waals surface area contributed by atoms with Crippen LogP contribution in [0.3, 0.4) is 0 Å². The largest absolute Gasteiger partial charge is 0.504 e. The Hall–Kier alpha value is -2.37. The molecule has 0 aliphatic rings. The van der Waals surface area contributed by atoms with Gasteiger partial charge >= 0.3 is 11.9 Å². The van der Waals surface area contributed by atoms with Gasteiger partial charge in [-0.25, -0.2) is 4.79 Å². The Balaban J connectivity index is 2.74. The third-order valence-electron chi connectivity index (χ3n) is 1.97. The highest BCUT2D eigenvalue weighted by atomic mass is 16.5. The van der Waals surface area contributed by atoms with Crippen LogP contribution in [0.15, 0.2) is 29.1 Å². The molecule has 0 saturated heterocycles. The first-order valence-electron chi connectivity index (χ1n) is 5.36. The lowest BCUT2D eigenvalue weighted by molar-refractivity contribution is -0.152. The van der Waals surface area contributed by atoms with Crippen molar-refractivity contribution in [2.75, 3.05) is 11.9 Å². The van der Waals surface area contributed by atoms with E-state index in [1.807, 2.05) is 0 Å². The number of amides is 1. The van der Waals surface area contributed by atoms with E-state index in [1.54, 1.807) is 6.92 Å². The highest BCUT2D eigenvalue weighted by Gasteiger charge is 2.14. The molecule has 6 heteroatoms. The molecule has 0 fully saturated rings. The molecule has 18 heavy (non-hydrogen) atoms. The third-order valence-corrected chi connectivity index (χ3v) is 1.97. The smallest absolute Gasteiger partial charge is 0.397 e. The van der Waals surface area contributed by atoms with Crippen LogP contribution in [-0.2, 0) is 14.3 Å². The summed E-state index contributed by atoms with van der Waals surface area (Å²) in [6, 6.07) is 4.81. The number of aromatic hydroxyl groups is 1. The fraction of sp³-hybridized carbons (Fsp3) is 0.250. The van der Waals surface area contributed by atoms with Gasteiger partial charge in [-0.3, -0.25) is 9.59 Å². The lowest BCUT2D eigenvalue weighted by Crippen LogP contribution is -2.25. The van der Waals surface area contributed by atoms with E-state index in [4.69, 9.17) is 5.11 Å². The van der Waals surface area contributed by atoms with E-state index < -0.39 is 23.1 Å².